The molecule has 0 bridgehead atoms. The van der Waals surface area contributed by atoms with Gasteiger partial charge in [0.1, 0.15) is 0 Å². The molecule has 0 aromatic heterocycles. The summed E-state index contributed by atoms with van der Waals surface area (Å²) in [5.74, 6) is 0. The Hall–Kier alpha value is -2.39. The van der Waals surface area contributed by atoms with Gasteiger partial charge in [-0.15, -0.1) is 0 Å². The molecule has 0 fully saturated rings. The molecule has 0 aliphatic carbocycles. The third-order valence-corrected chi connectivity index (χ3v) is 6.14. The molecule has 0 amide bonds. The molecule has 27 heavy (non-hydrogen) atoms. The van der Waals surface area contributed by atoms with E-state index in [1.807, 2.05) is 97.9 Å². The van der Waals surface area contributed by atoms with Crippen molar-refractivity contribution in [3.05, 3.63) is 102 Å². The standard InChI is InChI=1S/C22H24NO3P/c1-2-23(22-16-10-5-11-17-22)27(24,25-18-20-12-6-3-7-13-20)26-19-21-14-8-4-9-15-21/h3-17H,2,18-19H2,1H3. The maximum Gasteiger partial charge on any atom is 0.435 e. The molecule has 140 valence electrons. The molecule has 4 nitrogen and oxygen atoms in total. The molecule has 0 unspecified atom stereocenters. The quantitative estimate of drug-likeness (QED) is 0.423. The lowest BCUT2D eigenvalue weighted by atomic mass is 10.2. The van der Waals surface area contributed by atoms with E-state index in [-0.39, 0.29) is 13.2 Å². The Morgan fingerprint density at radius 1 is 0.704 bits per heavy atom. The maximum atomic E-state index is 13.8. The first-order valence-corrected chi connectivity index (χ1v) is 10.5. The Bertz CT molecular complexity index is 809. The Morgan fingerprint density at radius 3 is 1.52 bits per heavy atom. The minimum absolute atomic E-state index is 0.218. The predicted molar refractivity (Wildman–Crippen MR) is 110 cm³/mol. The van der Waals surface area contributed by atoms with Gasteiger partial charge in [-0.25, -0.2) is 4.57 Å². The zero-order valence-corrected chi connectivity index (χ0v) is 16.3. The number of hydrogen-bond donors (Lipinski definition) is 0. The Kier molecular flexibility index (Phi) is 6.83. The van der Waals surface area contributed by atoms with Crippen molar-refractivity contribution in [2.24, 2.45) is 0 Å². The molecule has 0 aliphatic heterocycles. The highest BCUT2D eigenvalue weighted by atomic mass is 31.2. The minimum Gasteiger partial charge on any atom is -0.287 e. The summed E-state index contributed by atoms with van der Waals surface area (Å²) in [6, 6.07) is 29.0. The molecule has 3 aromatic rings. The smallest absolute Gasteiger partial charge is 0.287 e. The molecule has 0 radical (unpaired) electrons. The van der Waals surface area contributed by atoms with Crippen LogP contribution in [0.5, 0.6) is 0 Å². The van der Waals surface area contributed by atoms with E-state index in [2.05, 4.69) is 0 Å². The van der Waals surface area contributed by atoms with Gasteiger partial charge < -0.3 is 0 Å². The van der Waals surface area contributed by atoms with Crippen molar-refractivity contribution in [1.82, 2.24) is 0 Å². The molecule has 0 saturated heterocycles. The molecule has 0 heterocycles. The summed E-state index contributed by atoms with van der Waals surface area (Å²) in [7, 11) is -3.55. The van der Waals surface area contributed by atoms with Gasteiger partial charge in [-0.1, -0.05) is 78.9 Å². The Balaban J connectivity index is 1.83. The number of hydrogen-bond acceptors (Lipinski definition) is 3. The van der Waals surface area contributed by atoms with Crippen LogP contribution in [-0.2, 0) is 26.8 Å². The lowest BCUT2D eigenvalue weighted by molar-refractivity contribution is 0.189. The van der Waals surface area contributed by atoms with Gasteiger partial charge >= 0.3 is 7.75 Å². The summed E-state index contributed by atoms with van der Waals surface area (Å²) in [5.41, 5.74) is 2.71. The summed E-state index contributed by atoms with van der Waals surface area (Å²) in [6.45, 7) is 2.88. The molecular formula is C22H24NO3P. The second-order valence-electron chi connectivity index (χ2n) is 6.04. The highest BCUT2D eigenvalue weighted by Crippen LogP contribution is 2.55. The van der Waals surface area contributed by atoms with Crippen molar-refractivity contribution < 1.29 is 13.6 Å². The summed E-state index contributed by atoms with van der Waals surface area (Å²) in [5, 5.41) is 0. The first kappa shape index (κ1) is 19.4. The second kappa shape index (κ2) is 9.52. The van der Waals surface area contributed by atoms with Crippen LogP contribution in [-0.4, -0.2) is 6.54 Å². The summed E-state index contributed by atoms with van der Waals surface area (Å²) < 4.78 is 27.3. The van der Waals surface area contributed by atoms with Crippen LogP contribution in [0, 0.1) is 0 Å². The van der Waals surface area contributed by atoms with E-state index in [9.17, 15) is 4.57 Å². The van der Waals surface area contributed by atoms with Gasteiger partial charge in [0, 0.05) is 12.2 Å². The zero-order chi connectivity index (χ0) is 19.0. The van der Waals surface area contributed by atoms with E-state index in [0.29, 0.717) is 6.54 Å². The van der Waals surface area contributed by atoms with Crippen molar-refractivity contribution in [3.63, 3.8) is 0 Å². The second-order valence-corrected chi connectivity index (χ2v) is 7.97. The van der Waals surface area contributed by atoms with Gasteiger partial charge in [0.25, 0.3) is 0 Å². The molecule has 0 saturated carbocycles. The number of benzene rings is 3. The largest absolute Gasteiger partial charge is 0.435 e. The van der Waals surface area contributed by atoms with Crippen molar-refractivity contribution in [1.29, 1.82) is 0 Å². The van der Waals surface area contributed by atoms with Crippen LogP contribution in [0.2, 0.25) is 0 Å². The van der Waals surface area contributed by atoms with E-state index in [4.69, 9.17) is 9.05 Å². The van der Waals surface area contributed by atoms with Crippen LogP contribution in [0.4, 0.5) is 5.69 Å². The van der Waals surface area contributed by atoms with E-state index in [0.717, 1.165) is 16.8 Å². The number of rotatable bonds is 9. The minimum atomic E-state index is -3.55. The Labute approximate surface area is 161 Å². The zero-order valence-electron chi connectivity index (χ0n) is 15.4. The van der Waals surface area contributed by atoms with Crippen molar-refractivity contribution >= 4 is 13.4 Å². The van der Waals surface area contributed by atoms with Crippen LogP contribution in [0.1, 0.15) is 18.1 Å². The first-order valence-electron chi connectivity index (χ1n) is 9.01. The van der Waals surface area contributed by atoms with Crippen molar-refractivity contribution in [2.75, 3.05) is 11.2 Å². The van der Waals surface area contributed by atoms with E-state index in [1.165, 1.54) is 0 Å². The molecule has 5 heteroatoms. The Morgan fingerprint density at radius 2 is 1.11 bits per heavy atom. The van der Waals surface area contributed by atoms with Crippen LogP contribution in [0.25, 0.3) is 0 Å². The fraction of sp³-hybridized carbons (Fsp3) is 0.182. The SMILES string of the molecule is CCN(c1ccccc1)P(=O)(OCc1ccccc1)OCc1ccccc1. The van der Waals surface area contributed by atoms with Crippen LogP contribution < -0.4 is 4.67 Å². The van der Waals surface area contributed by atoms with Crippen LogP contribution in [0.15, 0.2) is 91.0 Å². The highest BCUT2D eigenvalue weighted by Gasteiger charge is 2.33. The molecule has 0 atom stereocenters. The highest BCUT2D eigenvalue weighted by molar-refractivity contribution is 7.55. The molecule has 3 aromatic carbocycles. The lowest BCUT2D eigenvalue weighted by Gasteiger charge is -2.31. The van der Waals surface area contributed by atoms with E-state index < -0.39 is 7.75 Å². The first-order chi connectivity index (χ1) is 13.2. The number of nitrogens with zero attached hydrogens (tertiary/aromatic N) is 1. The van der Waals surface area contributed by atoms with Gasteiger partial charge in [-0.3, -0.25) is 13.7 Å². The molecule has 0 aliphatic rings. The van der Waals surface area contributed by atoms with E-state index in [1.54, 1.807) is 4.67 Å². The third-order valence-electron chi connectivity index (χ3n) is 4.12. The monoisotopic (exact) mass is 381 g/mol. The molecule has 0 spiro atoms. The van der Waals surface area contributed by atoms with Crippen LogP contribution in [0.3, 0.4) is 0 Å². The van der Waals surface area contributed by atoms with Gasteiger partial charge in [-0.05, 0) is 30.2 Å². The maximum absolute atomic E-state index is 13.8. The predicted octanol–water partition coefficient (Wildman–Crippen LogP) is 6.05. The third kappa shape index (κ3) is 5.30. The van der Waals surface area contributed by atoms with Crippen LogP contribution >= 0.6 is 7.75 Å². The fourth-order valence-corrected chi connectivity index (χ4v) is 4.47. The normalized spacial score (nSPS) is 11.3. The number of para-hydroxylation sites is 1. The summed E-state index contributed by atoms with van der Waals surface area (Å²) >= 11 is 0. The van der Waals surface area contributed by atoms with Gasteiger partial charge in [0.15, 0.2) is 0 Å². The summed E-state index contributed by atoms with van der Waals surface area (Å²) in [6.07, 6.45) is 0. The summed E-state index contributed by atoms with van der Waals surface area (Å²) in [4.78, 5) is 0. The molecular weight excluding hydrogens is 357 g/mol. The average Bonchev–Trinajstić information content (AvgIpc) is 2.74. The molecule has 3 rings (SSSR count). The molecule has 0 N–H and O–H groups in total. The van der Waals surface area contributed by atoms with Crippen molar-refractivity contribution in [3.8, 4) is 0 Å². The fourth-order valence-electron chi connectivity index (χ4n) is 2.73. The van der Waals surface area contributed by atoms with Gasteiger partial charge in [0.2, 0.25) is 0 Å². The van der Waals surface area contributed by atoms with E-state index >= 15 is 0 Å². The van der Waals surface area contributed by atoms with Crippen molar-refractivity contribution in [2.45, 2.75) is 20.1 Å². The lowest BCUT2D eigenvalue weighted by Crippen LogP contribution is -2.22. The number of anilines is 1. The van der Waals surface area contributed by atoms with Gasteiger partial charge in [-0.2, -0.15) is 0 Å². The average molecular weight is 381 g/mol. The topological polar surface area (TPSA) is 38.8 Å². The van der Waals surface area contributed by atoms with Gasteiger partial charge in [0.05, 0.1) is 13.2 Å².